The second-order valence-electron chi connectivity index (χ2n) is 3.71. The molecule has 7 nitrogen and oxygen atoms in total. The van der Waals surface area contributed by atoms with Crippen LogP contribution in [-0.4, -0.2) is 35.4 Å². The standard InChI is InChI=1S/C13H13N3O4/c1-19-10-8-11(20-2)15-12(14-10)16(13(17)18)9-6-4-3-5-7-9/h3-8H,1-2H3,(H,17,18). The molecule has 0 radical (unpaired) electrons. The minimum atomic E-state index is -1.20. The zero-order valence-electron chi connectivity index (χ0n) is 11.0. The van der Waals surface area contributed by atoms with Gasteiger partial charge in [0.15, 0.2) is 0 Å². The fourth-order valence-corrected chi connectivity index (χ4v) is 1.59. The van der Waals surface area contributed by atoms with E-state index in [1.54, 1.807) is 30.3 Å². The van der Waals surface area contributed by atoms with Crippen molar-refractivity contribution in [1.29, 1.82) is 0 Å². The van der Waals surface area contributed by atoms with Crippen molar-refractivity contribution in [3.63, 3.8) is 0 Å². The van der Waals surface area contributed by atoms with E-state index in [2.05, 4.69) is 9.97 Å². The van der Waals surface area contributed by atoms with Crippen LogP contribution in [0.25, 0.3) is 0 Å². The Kier molecular flexibility index (Phi) is 3.99. The van der Waals surface area contributed by atoms with Crippen molar-refractivity contribution in [3.05, 3.63) is 36.4 Å². The molecule has 0 atom stereocenters. The van der Waals surface area contributed by atoms with Crippen LogP contribution in [0.1, 0.15) is 0 Å². The Labute approximate surface area is 115 Å². The summed E-state index contributed by atoms with van der Waals surface area (Å²) < 4.78 is 10.0. The first-order valence-corrected chi connectivity index (χ1v) is 5.71. The number of amides is 1. The van der Waals surface area contributed by atoms with Crippen LogP contribution in [-0.2, 0) is 0 Å². The van der Waals surface area contributed by atoms with E-state index in [9.17, 15) is 9.90 Å². The fraction of sp³-hybridized carbons (Fsp3) is 0.154. The summed E-state index contributed by atoms with van der Waals surface area (Å²) in [5, 5.41) is 9.37. The molecule has 0 unspecified atom stereocenters. The molecule has 1 amide bonds. The van der Waals surface area contributed by atoms with E-state index < -0.39 is 6.09 Å². The van der Waals surface area contributed by atoms with Crippen molar-refractivity contribution >= 4 is 17.7 Å². The predicted molar refractivity (Wildman–Crippen MR) is 71.7 cm³/mol. The third-order valence-corrected chi connectivity index (χ3v) is 2.49. The lowest BCUT2D eigenvalue weighted by atomic mass is 10.3. The van der Waals surface area contributed by atoms with Crippen molar-refractivity contribution in [2.75, 3.05) is 19.1 Å². The van der Waals surface area contributed by atoms with Gasteiger partial charge in [-0.05, 0) is 12.1 Å². The van der Waals surface area contributed by atoms with E-state index in [4.69, 9.17) is 9.47 Å². The van der Waals surface area contributed by atoms with E-state index in [-0.39, 0.29) is 17.7 Å². The van der Waals surface area contributed by atoms with E-state index in [0.29, 0.717) is 5.69 Å². The first-order chi connectivity index (χ1) is 9.65. The quantitative estimate of drug-likeness (QED) is 0.921. The first kappa shape index (κ1) is 13.6. The SMILES string of the molecule is COc1cc(OC)nc(N(C(=O)O)c2ccccc2)n1. The van der Waals surface area contributed by atoms with Gasteiger partial charge in [0.1, 0.15) is 0 Å². The van der Waals surface area contributed by atoms with Gasteiger partial charge in [-0.15, -0.1) is 0 Å². The molecule has 0 spiro atoms. The van der Waals surface area contributed by atoms with Crippen LogP contribution < -0.4 is 14.4 Å². The van der Waals surface area contributed by atoms with Crippen molar-refractivity contribution in [2.24, 2.45) is 0 Å². The zero-order chi connectivity index (χ0) is 14.5. The maximum atomic E-state index is 11.5. The number of hydrogen-bond acceptors (Lipinski definition) is 5. The second kappa shape index (κ2) is 5.87. The average Bonchev–Trinajstić information content (AvgIpc) is 2.47. The molecule has 1 aromatic carbocycles. The number of benzene rings is 1. The van der Waals surface area contributed by atoms with Gasteiger partial charge in [0, 0.05) is 0 Å². The lowest BCUT2D eigenvalue weighted by molar-refractivity contribution is 0.204. The van der Waals surface area contributed by atoms with Crippen LogP contribution in [0.5, 0.6) is 11.8 Å². The summed E-state index contributed by atoms with van der Waals surface area (Å²) in [7, 11) is 2.86. The molecule has 0 aliphatic carbocycles. The predicted octanol–water partition coefficient (Wildman–Crippen LogP) is 2.31. The van der Waals surface area contributed by atoms with Gasteiger partial charge in [-0.25, -0.2) is 9.69 Å². The summed E-state index contributed by atoms with van der Waals surface area (Å²) in [5.74, 6) is 0.392. The number of methoxy groups -OCH3 is 2. The van der Waals surface area contributed by atoms with Crippen LogP contribution in [0.2, 0.25) is 0 Å². The third-order valence-electron chi connectivity index (χ3n) is 2.49. The molecule has 0 aliphatic rings. The van der Waals surface area contributed by atoms with Crippen LogP contribution in [0.3, 0.4) is 0 Å². The highest BCUT2D eigenvalue weighted by Crippen LogP contribution is 2.26. The Morgan fingerprint density at radius 3 is 2.10 bits per heavy atom. The molecule has 2 rings (SSSR count). The van der Waals surface area contributed by atoms with Gasteiger partial charge in [0.25, 0.3) is 0 Å². The molecule has 0 saturated heterocycles. The molecule has 0 saturated carbocycles. The normalized spacial score (nSPS) is 9.90. The fourth-order valence-electron chi connectivity index (χ4n) is 1.59. The molecule has 20 heavy (non-hydrogen) atoms. The number of para-hydroxylation sites is 1. The van der Waals surface area contributed by atoms with Crippen molar-refractivity contribution < 1.29 is 19.4 Å². The Morgan fingerprint density at radius 1 is 1.10 bits per heavy atom. The minimum Gasteiger partial charge on any atom is -0.481 e. The summed E-state index contributed by atoms with van der Waals surface area (Å²) in [4.78, 5) is 20.5. The van der Waals surface area contributed by atoms with Gasteiger partial charge >= 0.3 is 6.09 Å². The van der Waals surface area contributed by atoms with E-state index in [1.807, 2.05) is 0 Å². The molecule has 1 heterocycles. The lowest BCUT2D eigenvalue weighted by Crippen LogP contribution is -2.25. The molecule has 0 bridgehead atoms. The van der Waals surface area contributed by atoms with Crippen LogP contribution in [0, 0.1) is 0 Å². The Bertz CT molecular complexity index is 582. The van der Waals surface area contributed by atoms with Gasteiger partial charge < -0.3 is 14.6 Å². The number of hydrogen-bond donors (Lipinski definition) is 1. The van der Waals surface area contributed by atoms with E-state index >= 15 is 0 Å². The first-order valence-electron chi connectivity index (χ1n) is 5.71. The van der Waals surface area contributed by atoms with Gasteiger partial charge in [0.2, 0.25) is 17.7 Å². The zero-order valence-corrected chi connectivity index (χ0v) is 11.0. The largest absolute Gasteiger partial charge is 0.481 e. The number of carboxylic acid groups (broad SMARTS) is 1. The van der Waals surface area contributed by atoms with Crippen LogP contribution in [0.15, 0.2) is 36.4 Å². The summed E-state index contributed by atoms with van der Waals surface area (Å²) >= 11 is 0. The number of anilines is 2. The number of rotatable bonds is 4. The summed E-state index contributed by atoms with van der Waals surface area (Å²) in [6.45, 7) is 0. The molecule has 0 aliphatic heterocycles. The van der Waals surface area contributed by atoms with Crippen molar-refractivity contribution in [1.82, 2.24) is 9.97 Å². The minimum absolute atomic E-state index is 0.0418. The second-order valence-corrected chi connectivity index (χ2v) is 3.71. The average molecular weight is 275 g/mol. The van der Waals surface area contributed by atoms with Crippen molar-refractivity contribution in [2.45, 2.75) is 0 Å². The molecule has 7 heteroatoms. The number of aromatic nitrogens is 2. The highest BCUT2D eigenvalue weighted by molar-refractivity contribution is 5.92. The summed E-state index contributed by atoms with van der Waals surface area (Å²) in [5.41, 5.74) is 0.426. The third kappa shape index (κ3) is 2.77. The molecule has 2 aromatic rings. The Balaban J connectivity index is 2.52. The van der Waals surface area contributed by atoms with Crippen LogP contribution >= 0.6 is 0 Å². The molecular weight excluding hydrogens is 262 g/mol. The molecule has 1 aromatic heterocycles. The maximum absolute atomic E-state index is 11.5. The number of carbonyl (C=O) groups is 1. The van der Waals surface area contributed by atoms with Gasteiger partial charge in [0.05, 0.1) is 26.0 Å². The molecule has 1 N–H and O–H groups in total. The van der Waals surface area contributed by atoms with Gasteiger partial charge in [-0.1, -0.05) is 18.2 Å². The molecular formula is C13H13N3O4. The van der Waals surface area contributed by atoms with Gasteiger partial charge in [-0.3, -0.25) is 0 Å². The molecule has 0 fully saturated rings. The van der Waals surface area contributed by atoms with Crippen molar-refractivity contribution in [3.8, 4) is 11.8 Å². The number of nitrogens with zero attached hydrogens (tertiary/aromatic N) is 3. The lowest BCUT2D eigenvalue weighted by Gasteiger charge is -2.18. The van der Waals surface area contributed by atoms with Crippen LogP contribution in [0.4, 0.5) is 16.4 Å². The van der Waals surface area contributed by atoms with E-state index in [1.165, 1.54) is 20.3 Å². The number of ether oxygens (including phenoxy) is 2. The molecule has 104 valence electrons. The smallest absolute Gasteiger partial charge is 0.418 e. The highest BCUT2D eigenvalue weighted by atomic mass is 16.5. The topological polar surface area (TPSA) is 84.8 Å². The monoisotopic (exact) mass is 275 g/mol. The summed E-state index contributed by atoms with van der Waals surface area (Å²) in [6.07, 6.45) is -1.20. The Morgan fingerprint density at radius 2 is 1.65 bits per heavy atom. The Hall–Kier alpha value is -2.83. The van der Waals surface area contributed by atoms with Gasteiger partial charge in [-0.2, -0.15) is 9.97 Å². The maximum Gasteiger partial charge on any atom is 0.418 e. The highest BCUT2D eigenvalue weighted by Gasteiger charge is 2.21. The van der Waals surface area contributed by atoms with E-state index in [0.717, 1.165) is 4.90 Å². The summed E-state index contributed by atoms with van der Waals surface area (Å²) in [6, 6.07) is 9.99.